The van der Waals surface area contributed by atoms with Gasteiger partial charge in [0.15, 0.2) is 0 Å². The lowest BCUT2D eigenvalue weighted by Crippen LogP contribution is -2.27. The summed E-state index contributed by atoms with van der Waals surface area (Å²) >= 11 is 12.0. The van der Waals surface area contributed by atoms with Gasteiger partial charge in [-0.15, -0.1) is 0 Å². The van der Waals surface area contributed by atoms with Gasteiger partial charge in [0.25, 0.3) is 0 Å². The molecular formula is C13H14Cl2O3. The lowest BCUT2D eigenvalue weighted by molar-refractivity contribution is -0.140. The van der Waals surface area contributed by atoms with E-state index in [0.717, 1.165) is 11.3 Å². The molecule has 18 heavy (non-hydrogen) atoms. The molecule has 2 rings (SSSR count). The van der Waals surface area contributed by atoms with Gasteiger partial charge in [-0.1, -0.05) is 29.3 Å². The molecule has 0 spiro atoms. The molecule has 1 aromatic carbocycles. The molecule has 0 radical (unpaired) electrons. The Labute approximate surface area is 116 Å². The molecule has 0 saturated heterocycles. The molecule has 1 unspecified atom stereocenters. The number of carboxylic acid groups (broad SMARTS) is 1. The quantitative estimate of drug-likeness (QED) is 0.865. The summed E-state index contributed by atoms with van der Waals surface area (Å²) < 4.78 is 4.15. The molecule has 0 aliphatic heterocycles. The van der Waals surface area contributed by atoms with E-state index in [4.69, 9.17) is 27.9 Å². The number of aliphatic carboxylic acids is 1. The first-order valence-corrected chi connectivity index (χ1v) is 6.46. The molecule has 1 aromatic rings. The minimum atomic E-state index is -1.23. The maximum Gasteiger partial charge on any atom is 0.317 e. The van der Waals surface area contributed by atoms with Crippen molar-refractivity contribution in [3.05, 3.63) is 29.3 Å². The van der Waals surface area contributed by atoms with Crippen molar-refractivity contribution >= 4 is 29.2 Å². The molecule has 5 heteroatoms. The van der Waals surface area contributed by atoms with E-state index in [-0.39, 0.29) is 6.42 Å². The second kappa shape index (κ2) is 4.32. The fraction of sp³-hybridized carbons (Fsp3) is 0.462. The highest BCUT2D eigenvalue weighted by Gasteiger charge is 2.73. The molecule has 1 saturated carbocycles. The number of benzene rings is 1. The van der Waals surface area contributed by atoms with Crippen LogP contribution in [0.4, 0.5) is 0 Å². The van der Waals surface area contributed by atoms with Gasteiger partial charge >= 0.3 is 5.97 Å². The summed E-state index contributed by atoms with van der Waals surface area (Å²) in [5.41, 5.74) is 0.292. The zero-order valence-corrected chi connectivity index (χ0v) is 11.7. The van der Waals surface area contributed by atoms with Crippen LogP contribution in [-0.4, -0.2) is 22.0 Å². The van der Waals surface area contributed by atoms with Gasteiger partial charge in [-0.3, -0.25) is 4.79 Å². The number of alkyl halides is 2. The first-order valence-electron chi connectivity index (χ1n) is 5.70. The van der Waals surface area contributed by atoms with Crippen LogP contribution < -0.4 is 4.74 Å². The first kappa shape index (κ1) is 13.5. The minimum absolute atomic E-state index is 0.229. The van der Waals surface area contributed by atoms with Crippen molar-refractivity contribution in [3.8, 4) is 5.75 Å². The summed E-state index contributed by atoms with van der Waals surface area (Å²) in [7, 11) is 0. The molecule has 0 bridgehead atoms. The Balaban J connectivity index is 2.43. The van der Waals surface area contributed by atoms with Crippen molar-refractivity contribution < 1.29 is 14.6 Å². The highest BCUT2D eigenvalue weighted by Crippen LogP contribution is 2.65. The molecule has 0 heterocycles. The predicted molar refractivity (Wildman–Crippen MR) is 70.7 cm³/mol. The van der Waals surface area contributed by atoms with Gasteiger partial charge in [-0.2, -0.15) is 0 Å². The smallest absolute Gasteiger partial charge is 0.317 e. The first-order chi connectivity index (χ1) is 8.35. The second-order valence-corrected chi connectivity index (χ2v) is 5.99. The number of rotatable bonds is 4. The fourth-order valence-electron chi connectivity index (χ4n) is 2.30. The molecule has 98 valence electrons. The summed E-state index contributed by atoms with van der Waals surface area (Å²) in [6.07, 6.45) is 0.229. The van der Waals surface area contributed by atoms with Crippen LogP contribution in [-0.2, 0) is 10.2 Å². The van der Waals surface area contributed by atoms with Crippen LogP contribution in [0.15, 0.2) is 18.2 Å². The van der Waals surface area contributed by atoms with Gasteiger partial charge in [0.05, 0.1) is 6.61 Å². The van der Waals surface area contributed by atoms with Crippen LogP contribution in [0.25, 0.3) is 0 Å². The van der Waals surface area contributed by atoms with E-state index in [1.54, 1.807) is 12.1 Å². The molecule has 3 nitrogen and oxygen atoms in total. The third-order valence-corrected chi connectivity index (χ3v) is 4.23. The molecule has 0 aromatic heterocycles. The van der Waals surface area contributed by atoms with Crippen molar-refractivity contribution in [3.63, 3.8) is 0 Å². The standard InChI is InChI=1S/C13H14Cl2O3/c1-3-18-9-4-5-10(8(2)6-9)12(11(16)17)7-13(12,14)15/h4-6H,3,7H2,1-2H3,(H,16,17). The molecule has 1 aliphatic carbocycles. The third kappa shape index (κ3) is 1.86. The Morgan fingerprint density at radius 3 is 2.50 bits per heavy atom. The van der Waals surface area contributed by atoms with Gasteiger partial charge in [-0.25, -0.2) is 0 Å². The number of hydrogen-bond acceptors (Lipinski definition) is 2. The maximum absolute atomic E-state index is 11.5. The topological polar surface area (TPSA) is 46.5 Å². The van der Waals surface area contributed by atoms with Crippen LogP contribution >= 0.6 is 23.2 Å². The zero-order valence-electron chi connectivity index (χ0n) is 10.2. The Morgan fingerprint density at radius 1 is 1.50 bits per heavy atom. The lowest BCUT2D eigenvalue weighted by atomic mass is 9.91. The minimum Gasteiger partial charge on any atom is -0.494 e. The van der Waals surface area contributed by atoms with Crippen LogP contribution in [0.2, 0.25) is 0 Å². The Kier molecular flexibility index (Phi) is 3.24. The van der Waals surface area contributed by atoms with Crippen molar-refractivity contribution in [1.29, 1.82) is 0 Å². The number of hydrogen-bond donors (Lipinski definition) is 1. The third-order valence-electron chi connectivity index (χ3n) is 3.32. The second-order valence-electron chi connectivity index (χ2n) is 4.50. The molecule has 1 aliphatic rings. The molecular weight excluding hydrogens is 275 g/mol. The number of carboxylic acids is 1. The van der Waals surface area contributed by atoms with Gasteiger partial charge in [0, 0.05) is 6.42 Å². The van der Waals surface area contributed by atoms with Crippen molar-refractivity contribution in [2.24, 2.45) is 0 Å². The van der Waals surface area contributed by atoms with E-state index < -0.39 is 15.7 Å². The highest BCUT2D eigenvalue weighted by atomic mass is 35.5. The average Bonchev–Trinajstić information content (AvgIpc) is 2.83. The van der Waals surface area contributed by atoms with Crippen molar-refractivity contribution in [2.75, 3.05) is 6.61 Å². The Morgan fingerprint density at radius 2 is 2.11 bits per heavy atom. The van der Waals surface area contributed by atoms with Crippen LogP contribution in [0.3, 0.4) is 0 Å². The molecule has 1 N–H and O–H groups in total. The van der Waals surface area contributed by atoms with E-state index in [0.29, 0.717) is 12.2 Å². The number of aryl methyl sites for hydroxylation is 1. The summed E-state index contributed by atoms with van der Waals surface area (Å²) in [5, 5.41) is 9.39. The van der Waals surface area contributed by atoms with Crippen LogP contribution in [0.5, 0.6) is 5.75 Å². The molecule has 1 atom stereocenters. The van der Waals surface area contributed by atoms with E-state index in [9.17, 15) is 9.90 Å². The normalized spacial score (nSPS) is 24.7. The fourth-order valence-corrected chi connectivity index (χ4v) is 3.07. The number of carbonyl (C=O) groups is 1. The Bertz CT molecular complexity index is 499. The van der Waals surface area contributed by atoms with E-state index in [1.165, 1.54) is 0 Å². The van der Waals surface area contributed by atoms with E-state index >= 15 is 0 Å². The van der Waals surface area contributed by atoms with Gasteiger partial charge in [-0.05, 0) is 37.1 Å². The summed E-state index contributed by atoms with van der Waals surface area (Å²) in [4.78, 5) is 11.5. The molecule has 1 fully saturated rings. The Hall–Kier alpha value is -0.930. The highest BCUT2D eigenvalue weighted by molar-refractivity contribution is 6.54. The number of halogens is 2. The summed E-state index contributed by atoms with van der Waals surface area (Å²) in [6.45, 7) is 4.30. The average molecular weight is 289 g/mol. The zero-order chi connectivity index (χ0) is 13.6. The van der Waals surface area contributed by atoms with Crippen LogP contribution in [0, 0.1) is 6.92 Å². The maximum atomic E-state index is 11.5. The van der Waals surface area contributed by atoms with Gasteiger partial charge < -0.3 is 9.84 Å². The monoisotopic (exact) mass is 288 g/mol. The van der Waals surface area contributed by atoms with Crippen molar-refractivity contribution in [1.82, 2.24) is 0 Å². The summed E-state index contributed by atoms with van der Waals surface area (Å²) in [5.74, 6) is -0.269. The molecule has 0 amide bonds. The predicted octanol–water partition coefficient (Wildman–Crippen LogP) is 3.29. The van der Waals surface area contributed by atoms with Gasteiger partial charge in [0.2, 0.25) is 0 Å². The van der Waals surface area contributed by atoms with Crippen molar-refractivity contribution in [2.45, 2.75) is 30.0 Å². The number of ether oxygens (including phenoxy) is 1. The van der Waals surface area contributed by atoms with Crippen LogP contribution in [0.1, 0.15) is 24.5 Å². The summed E-state index contributed by atoms with van der Waals surface area (Å²) in [6, 6.07) is 5.30. The van der Waals surface area contributed by atoms with E-state index in [2.05, 4.69) is 0 Å². The van der Waals surface area contributed by atoms with E-state index in [1.807, 2.05) is 19.9 Å². The SMILES string of the molecule is CCOc1ccc(C2(C(=O)O)CC2(Cl)Cl)c(C)c1. The van der Waals surface area contributed by atoms with Gasteiger partial charge in [0.1, 0.15) is 15.5 Å². The largest absolute Gasteiger partial charge is 0.494 e. The lowest BCUT2D eigenvalue weighted by Gasteiger charge is -2.17.